The lowest BCUT2D eigenvalue weighted by Gasteiger charge is -2.18. The van der Waals surface area contributed by atoms with Gasteiger partial charge in [-0.1, -0.05) is 37.3 Å². The second-order valence-corrected chi connectivity index (χ2v) is 4.32. The van der Waals surface area contributed by atoms with Crippen molar-refractivity contribution < 1.29 is 4.79 Å². The van der Waals surface area contributed by atoms with Crippen LogP contribution >= 0.6 is 0 Å². The molecule has 0 heterocycles. The number of benzene rings is 1. The first-order valence-electron chi connectivity index (χ1n) is 5.61. The minimum atomic E-state index is -0.215. The molecule has 3 heteroatoms. The Morgan fingerprint density at radius 1 is 1.38 bits per heavy atom. The second-order valence-electron chi connectivity index (χ2n) is 4.32. The van der Waals surface area contributed by atoms with E-state index in [1.54, 1.807) is 0 Å². The van der Waals surface area contributed by atoms with Gasteiger partial charge >= 0.3 is 0 Å². The van der Waals surface area contributed by atoms with Crippen LogP contribution in [0.25, 0.3) is 0 Å². The van der Waals surface area contributed by atoms with Crippen molar-refractivity contribution in [1.29, 1.82) is 0 Å². The molecule has 0 saturated heterocycles. The minimum absolute atomic E-state index is 0.0433. The van der Waals surface area contributed by atoms with Crippen molar-refractivity contribution >= 4 is 5.91 Å². The SMILES string of the molecule is CC(CCN(C)Cc1ccccc1)C(N)=O. The lowest BCUT2D eigenvalue weighted by atomic mass is 10.1. The van der Waals surface area contributed by atoms with Crippen LogP contribution in [-0.4, -0.2) is 24.4 Å². The van der Waals surface area contributed by atoms with Gasteiger partial charge in [0.05, 0.1) is 0 Å². The van der Waals surface area contributed by atoms with Gasteiger partial charge in [-0.05, 0) is 25.6 Å². The van der Waals surface area contributed by atoms with Crippen molar-refractivity contribution in [2.75, 3.05) is 13.6 Å². The predicted molar refractivity (Wildman–Crippen MR) is 65.8 cm³/mol. The summed E-state index contributed by atoms with van der Waals surface area (Å²) in [5, 5.41) is 0. The van der Waals surface area contributed by atoms with Crippen LogP contribution in [0.3, 0.4) is 0 Å². The summed E-state index contributed by atoms with van der Waals surface area (Å²) in [6.45, 7) is 3.67. The molecule has 0 aromatic heterocycles. The van der Waals surface area contributed by atoms with Crippen molar-refractivity contribution in [2.45, 2.75) is 19.9 Å². The molecule has 1 aromatic carbocycles. The highest BCUT2D eigenvalue weighted by molar-refractivity contribution is 5.76. The van der Waals surface area contributed by atoms with E-state index in [4.69, 9.17) is 5.73 Å². The zero-order chi connectivity index (χ0) is 12.0. The third kappa shape index (κ3) is 4.45. The average molecular weight is 220 g/mol. The van der Waals surface area contributed by atoms with Crippen LogP contribution in [0.4, 0.5) is 0 Å². The Balaban J connectivity index is 2.31. The van der Waals surface area contributed by atoms with E-state index in [9.17, 15) is 4.79 Å². The summed E-state index contributed by atoms with van der Waals surface area (Å²) in [5.41, 5.74) is 6.51. The number of primary amides is 1. The maximum atomic E-state index is 10.9. The van der Waals surface area contributed by atoms with Gasteiger partial charge in [0.2, 0.25) is 5.91 Å². The first-order valence-corrected chi connectivity index (χ1v) is 5.61. The molecule has 0 spiro atoms. The zero-order valence-corrected chi connectivity index (χ0v) is 10.0. The normalized spacial score (nSPS) is 12.7. The van der Waals surface area contributed by atoms with Gasteiger partial charge in [0.1, 0.15) is 0 Å². The summed E-state index contributed by atoms with van der Waals surface area (Å²) in [6.07, 6.45) is 0.818. The largest absolute Gasteiger partial charge is 0.369 e. The van der Waals surface area contributed by atoms with Crippen LogP contribution in [0.2, 0.25) is 0 Å². The standard InChI is InChI=1S/C13H20N2O/c1-11(13(14)16)8-9-15(2)10-12-6-4-3-5-7-12/h3-7,11H,8-10H2,1-2H3,(H2,14,16). The average Bonchev–Trinajstić information content (AvgIpc) is 2.27. The number of nitrogens with zero attached hydrogens (tertiary/aromatic N) is 1. The highest BCUT2D eigenvalue weighted by Gasteiger charge is 2.09. The quantitative estimate of drug-likeness (QED) is 0.792. The number of hydrogen-bond donors (Lipinski definition) is 1. The fourth-order valence-electron chi connectivity index (χ4n) is 1.53. The second kappa shape index (κ2) is 6.28. The molecule has 1 amide bonds. The number of carbonyl (C=O) groups excluding carboxylic acids is 1. The molecule has 0 bridgehead atoms. The third-order valence-corrected chi connectivity index (χ3v) is 2.72. The van der Waals surface area contributed by atoms with E-state index < -0.39 is 0 Å². The molecule has 16 heavy (non-hydrogen) atoms. The number of nitrogens with two attached hydrogens (primary N) is 1. The van der Waals surface area contributed by atoms with E-state index in [1.807, 2.05) is 25.1 Å². The van der Waals surface area contributed by atoms with Gasteiger partial charge in [0, 0.05) is 12.5 Å². The molecule has 0 aliphatic rings. The van der Waals surface area contributed by atoms with Crippen molar-refractivity contribution in [2.24, 2.45) is 11.7 Å². The maximum absolute atomic E-state index is 10.9. The summed E-state index contributed by atoms with van der Waals surface area (Å²) in [7, 11) is 2.06. The molecular weight excluding hydrogens is 200 g/mol. The number of hydrogen-bond acceptors (Lipinski definition) is 2. The molecule has 1 unspecified atom stereocenters. The Hall–Kier alpha value is -1.35. The number of amides is 1. The predicted octanol–water partition coefficient (Wildman–Crippen LogP) is 1.63. The molecule has 3 nitrogen and oxygen atoms in total. The van der Waals surface area contributed by atoms with E-state index in [0.717, 1.165) is 19.5 Å². The first-order chi connectivity index (χ1) is 7.59. The molecule has 2 N–H and O–H groups in total. The summed E-state index contributed by atoms with van der Waals surface area (Å²) in [6, 6.07) is 10.3. The first kappa shape index (κ1) is 12.7. The smallest absolute Gasteiger partial charge is 0.220 e. The van der Waals surface area contributed by atoms with E-state index in [-0.39, 0.29) is 11.8 Å². The molecule has 0 radical (unpaired) electrons. The van der Waals surface area contributed by atoms with Gasteiger partial charge in [-0.25, -0.2) is 0 Å². The van der Waals surface area contributed by atoms with Crippen LogP contribution in [0.5, 0.6) is 0 Å². The van der Waals surface area contributed by atoms with Crippen LogP contribution in [0, 0.1) is 5.92 Å². The number of carbonyl (C=O) groups is 1. The fourth-order valence-corrected chi connectivity index (χ4v) is 1.53. The van der Waals surface area contributed by atoms with Crippen LogP contribution in [-0.2, 0) is 11.3 Å². The highest BCUT2D eigenvalue weighted by Crippen LogP contribution is 2.06. The fraction of sp³-hybridized carbons (Fsp3) is 0.462. The van der Waals surface area contributed by atoms with Gasteiger partial charge in [-0.15, -0.1) is 0 Å². The van der Waals surface area contributed by atoms with E-state index in [2.05, 4.69) is 24.1 Å². The van der Waals surface area contributed by atoms with Gasteiger partial charge in [-0.3, -0.25) is 4.79 Å². The van der Waals surface area contributed by atoms with E-state index in [0.29, 0.717) is 0 Å². The van der Waals surface area contributed by atoms with Crippen molar-refractivity contribution in [1.82, 2.24) is 4.90 Å². The highest BCUT2D eigenvalue weighted by atomic mass is 16.1. The van der Waals surface area contributed by atoms with Gasteiger partial charge in [-0.2, -0.15) is 0 Å². The summed E-state index contributed by atoms with van der Waals surface area (Å²) in [5.74, 6) is -0.258. The Bertz CT molecular complexity index is 324. The lowest BCUT2D eigenvalue weighted by molar-refractivity contribution is -0.121. The van der Waals surface area contributed by atoms with Crippen molar-refractivity contribution in [3.8, 4) is 0 Å². The Morgan fingerprint density at radius 3 is 2.56 bits per heavy atom. The summed E-state index contributed by atoms with van der Waals surface area (Å²) >= 11 is 0. The lowest BCUT2D eigenvalue weighted by Crippen LogP contribution is -2.26. The monoisotopic (exact) mass is 220 g/mol. The molecule has 0 aliphatic heterocycles. The molecule has 0 aliphatic carbocycles. The zero-order valence-electron chi connectivity index (χ0n) is 10.0. The molecule has 0 fully saturated rings. The van der Waals surface area contributed by atoms with Crippen molar-refractivity contribution in [3.63, 3.8) is 0 Å². The maximum Gasteiger partial charge on any atom is 0.220 e. The minimum Gasteiger partial charge on any atom is -0.369 e. The van der Waals surface area contributed by atoms with Crippen LogP contribution in [0.1, 0.15) is 18.9 Å². The van der Waals surface area contributed by atoms with E-state index in [1.165, 1.54) is 5.56 Å². The molecule has 0 saturated carbocycles. The third-order valence-electron chi connectivity index (χ3n) is 2.72. The van der Waals surface area contributed by atoms with Crippen LogP contribution in [0.15, 0.2) is 30.3 Å². The van der Waals surface area contributed by atoms with Crippen molar-refractivity contribution in [3.05, 3.63) is 35.9 Å². The molecule has 88 valence electrons. The number of rotatable bonds is 6. The van der Waals surface area contributed by atoms with Gasteiger partial charge in [0.15, 0.2) is 0 Å². The Labute approximate surface area is 97.2 Å². The molecule has 1 aromatic rings. The van der Waals surface area contributed by atoms with Gasteiger partial charge in [0.25, 0.3) is 0 Å². The Kier molecular flexibility index (Phi) is 4.99. The molecular formula is C13H20N2O. The van der Waals surface area contributed by atoms with Gasteiger partial charge < -0.3 is 10.6 Å². The Morgan fingerprint density at radius 2 is 2.00 bits per heavy atom. The molecule has 1 rings (SSSR count). The summed E-state index contributed by atoms with van der Waals surface area (Å²) in [4.78, 5) is 13.1. The van der Waals surface area contributed by atoms with Crippen LogP contribution < -0.4 is 5.73 Å². The summed E-state index contributed by atoms with van der Waals surface area (Å²) < 4.78 is 0. The molecule has 1 atom stereocenters. The van der Waals surface area contributed by atoms with E-state index >= 15 is 0 Å². The topological polar surface area (TPSA) is 46.3 Å².